The highest BCUT2D eigenvalue weighted by molar-refractivity contribution is 7.22. The second-order valence-electron chi connectivity index (χ2n) is 12.0. The van der Waals surface area contributed by atoms with Gasteiger partial charge >= 0.3 is 6.01 Å². The summed E-state index contributed by atoms with van der Waals surface area (Å²) >= 11 is 7.78. The van der Waals surface area contributed by atoms with Crippen LogP contribution in [0.25, 0.3) is 32.2 Å². The second-order valence-corrected chi connectivity index (χ2v) is 13.4. The Balaban J connectivity index is 1.27. The number of anilines is 2. The number of nitrogens with one attached hydrogen (secondary N) is 1. The molecule has 0 aliphatic carbocycles. The lowest BCUT2D eigenvalue weighted by atomic mass is 9.95. The summed E-state index contributed by atoms with van der Waals surface area (Å²) < 4.78 is 52.1. The van der Waals surface area contributed by atoms with E-state index in [2.05, 4.69) is 25.1 Å². The minimum atomic E-state index is -0.896. The molecule has 8 nitrogen and oxygen atoms in total. The van der Waals surface area contributed by atoms with Gasteiger partial charge in [0.25, 0.3) is 0 Å². The topological polar surface area (TPSA) is 92.4 Å². The average molecular weight is 616 g/mol. The van der Waals surface area contributed by atoms with Gasteiger partial charge in [0.15, 0.2) is 10.9 Å². The molecule has 0 amide bonds. The zero-order valence-electron chi connectivity index (χ0n) is 22.7. The van der Waals surface area contributed by atoms with E-state index in [4.69, 9.17) is 27.1 Å². The number of piperazine rings is 1. The summed E-state index contributed by atoms with van der Waals surface area (Å²) in [5, 5.41) is 4.39. The molecule has 2 bridgehead atoms. The molecule has 4 aliphatic rings. The molecule has 8 rings (SSSR count). The van der Waals surface area contributed by atoms with E-state index in [1.807, 2.05) is 0 Å². The molecule has 220 valence electrons. The van der Waals surface area contributed by atoms with Crippen LogP contribution in [0.2, 0.25) is 5.02 Å². The van der Waals surface area contributed by atoms with E-state index >= 15 is 4.39 Å². The van der Waals surface area contributed by atoms with Crippen molar-refractivity contribution >= 4 is 55.0 Å². The van der Waals surface area contributed by atoms with Gasteiger partial charge in [-0.2, -0.15) is 9.97 Å². The lowest BCUT2D eigenvalue weighted by Crippen LogP contribution is -2.51. The molecule has 4 atom stereocenters. The summed E-state index contributed by atoms with van der Waals surface area (Å²) in [4.78, 5) is 18.0. The minimum absolute atomic E-state index is 0.0428. The van der Waals surface area contributed by atoms with Gasteiger partial charge in [-0.05, 0) is 50.4 Å². The van der Waals surface area contributed by atoms with Gasteiger partial charge in [0.2, 0.25) is 0 Å². The maximum absolute atomic E-state index is 16.7. The van der Waals surface area contributed by atoms with Gasteiger partial charge in [0.05, 0.1) is 20.8 Å². The Morgan fingerprint density at radius 3 is 2.74 bits per heavy atom. The third-order valence-corrected chi connectivity index (χ3v) is 10.6. The molecule has 0 unspecified atom stereocenters. The van der Waals surface area contributed by atoms with Crippen LogP contribution >= 0.6 is 22.9 Å². The van der Waals surface area contributed by atoms with Crippen LogP contribution in [0, 0.1) is 11.6 Å². The summed E-state index contributed by atoms with van der Waals surface area (Å²) in [5.41, 5.74) is 6.17. The highest BCUT2D eigenvalue weighted by Gasteiger charge is 2.49. The molecule has 4 aromatic rings. The van der Waals surface area contributed by atoms with Gasteiger partial charge in [-0.1, -0.05) is 22.9 Å². The number of rotatable bonds is 5. The van der Waals surface area contributed by atoms with E-state index in [9.17, 15) is 8.78 Å². The van der Waals surface area contributed by atoms with E-state index in [0.29, 0.717) is 54.9 Å². The first kappa shape index (κ1) is 26.7. The Hall–Kier alpha value is -2.93. The summed E-state index contributed by atoms with van der Waals surface area (Å²) in [6.07, 6.45) is 3.45. The monoisotopic (exact) mass is 615 g/mol. The Kier molecular flexibility index (Phi) is 6.22. The smallest absolute Gasteiger partial charge is 0.319 e. The number of thiazole rings is 1. The van der Waals surface area contributed by atoms with Crippen molar-refractivity contribution in [2.75, 3.05) is 43.4 Å². The normalized spacial score (nSPS) is 27.4. The lowest BCUT2D eigenvalue weighted by Gasteiger charge is -2.34. The van der Waals surface area contributed by atoms with Crippen molar-refractivity contribution in [2.24, 2.45) is 0 Å². The Morgan fingerprint density at radius 1 is 1.12 bits per heavy atom. The van der Waals surface area contributed by atoms with Gasteiger partial charge in [-0.3, -0.25) is 4.90 Å². The van der Waals surface area contributed by atoms with Gasteiger partial charge in [-0.25, -0.2) is 18.2 Å². The fraction of sp³-hybridized carbons (Fsp3) is 0.483. The second kappa shape index (κ2) is 9.80. The highest BCUT2D eigenvalue weighted by Crippen LogP contribution is 2.44. The number of nitrogens with two attached hydrogens (primary N) is 1. The highest BCUT2D eigenvalue weighted by atomic mass is 35.5. The number of fused-ring (bicyclic) bond motifs is 5. The van der Waals surface area contributed by atoms with E-state index in [1.165, 1.54) is 12.1 Å². The fourth-order valence-corrected chi connectivity index (χ4v) is 8.58. The largest absolute Gasteiger partial charge is 0.461 e. The Bertz CT molecular complexity index is 1730. The van der Waals surface area contributed by atoms with E-state index in [-0.39, 0.29) is 44.1 Å². The van der Waals surface area contributed by atoms with Crippen molar-refractivity contribution in [2.45, 2.75) is 55.9 Å². The van der Waals surface area contributed by atoms with Crippen molar-refractivity contribution in [3.05, 3.63) is 34.9 Å². The summed E-state index contributed by atoms with van der Waals surface area (Å²) in [7, 11) is 0. The van der Waals surface area contributed by atoms with Gasteiger partial charge < -0.3 is 20.7 Å². The van der Waals surface area contributed by atoms with Crippen LogP contribution in [0.3, 0.4) is 0 Å². The number of ether oxygens (including phenoxy) is 1. The van der Waals surface area contributed by atoms with Crippen LogP contribution in [0.1, 0.15) is 32.1 Å². The van der Waals surface area contributed by atoms with Crippen molar-refractivity contribution in [3.8, 4) is 17.1 Å². The molecule has 2 aromatic heterocycles. The molecule has 4 fully saturated rings. The van der Waals surface area contributed by atoms with Gasteiger partial charge in [0.1, 0.15) is 29.9 Å². The molecule has 4 saturated heterocycles. The molecule has 3 N–H and O–H groups in total. The number of nitrogen functional groups attached to an aromatic ring is 1. The van der Waals surface area contributed by atoms with Crippen molar-refractivity contribution < 1.29 is 17.9 Å². The molecule has 6 heterocycles. The number of nitrogens with zero attached hydrogens (tertiary/aromatic N) is 5. The SMILES string of the molecule is Nc1nc2c(-c3c(Cl)cc4c(N5C[C@H]6CC[C@@H](C5)N6)nc(OC[C@]56CCCN5C[C@H](F)C6)nc4c3F)ccc(F)c2s1. The quantitative estimate of drug-likeness (QED) is 0.312. The van der Waals surface area contributed by atoms with E-state index < -0.39 is 23.3 Å². The Labute approximate surface area is 249 Å². The zero-order chi connectivity index (χ0) is 28.7. The van der Waals surface area contributed by atoms with Crippen molar-refractivity contribution in [1.29, 1.82) is 0 Å². The lowest BCUT2D eigenvalue weighted by molar-refractivity contribution is 0.107. The number of hydrogen-bond acceptors (Lipinski definition) is 9. The van der Waals surface area contributed by atoms with Crippen LogP contribution < -0.4 is 20.7 Å². The van der Waals surface area contributed by atoms with Crippen LogP contribution in [0.15, 0.2) is 18.2 Å². The van der Waals surface area contributed by atoms with Crippen molar-refractivity contribution in [3.63, 3.8) is 0 Å². The Morgan fingerprint density at radius 2 is 1.93 bits per heavy atom. The molecule has 2 aromatic carbocycles. The average Bonchev–Trinajstić information content (AvgIpc) is 3.70. The number of aromatic nitrogens is 3. The summed E-state index contributed by atoms with van der Waals surface area (Å²) in [5.74, 6) is -0.607. The van der Waals surface area contributed by atoms with Crippen LogP contribution in [-0.2, 0) is 0 Å². The molecule has 13 heteroatoms. The van der Waals surface area contributed by atoms with Gasteiger partial charge in [0, 0.05) is 54.7 Å². The zero-order valence-corrected chi connectivity index (χ0v) is 24.2. The third-order valence-electron chi connectivity index (χ3n) is 9.37. The molecule has 0 radical (unpaired) electrons. The third kappa shape index (κ3) is 4.21. The van der Waals surface area contributed by atoms with Crippen LogP contribution in [0.5, 0.6) is 6.01 Å². The first-order valence-electron chi connectivity index (χ1n) is 14.4. The molecule has 0 spiro atoms. The van der Waals surface area contributed by atoms with Crippen LogP contribution in [0.4, 0.5) is 24.1 Å². The molecule has 0 saturated carbocycles. The molecular formula is C29H29ClF3N7OS. The maximum atomic E-state index is 16.7. The predicted molar refractivity (Wildman–Crippen MR) is 158 cm³/mol. The van der Waals surface area contributed by atoms with E-state index in [0.717, 1.165) is 43.6 Å². The predicted octanol–water partition coefficient (Wildman–Crippen LogP) is 5.32. The molecule has 42 heavy (non-hydrogen) atoms. The first-order chi connectivity index (χ1) is 20.3. The van der Waals surface area contributed by atoms with Crippen molar-refractivity contribution in [1.82, 2.24) is 25.2 Å². The fourth-order valence-electron chi connectivity index (χ4n) is 7.52. The first-order valence-corrected chi connectivity index (χ1v) is 15.5. The maximum Gasteiger partial charge on any atom is 0.319 e. The summed E-state index contributed by atoms with van der Waals surface area (Å²) in [6, 6.07) is 5.06. The van der Waals surface area contributed by atoms with Gasteiger partial charge in [-0.15, -0.1) is 0 Å². The number of halogens is 4. The molecular weight excluding hydrogens is 587 g/mol. The molecule has 4 aliphatic heterocycles. The minimum Gasteiger partial charge on any atom is -0.461 e. The van der Waals surface area contributed by atoms with Crippen LogP contribution in [-0.4, -0.2) is 76.4 Å². The standard InChI is InChI=1S/C29H29ClF3N7OS/c30-19-8-18-23(22(33)21(19)17-4-5-20(32)25-24(17)36-27(34)42-25)37-28(38-26(18)39-11-15-2-3-16(12-39)35-15)41-13-29-6-1-7-40(29)10-14(31)9-29/h4-5,8,14-16,35H,1-3,6-7,9-13H2,(H2,34,36)/t14-,15-,16+,29-/m1/s1. The number of benzene rings is 2. The number of alkyl halides is 1. The van der Waals surface area contributed by atoms with E-state index in [1.54, 1.807) is 6.07 Å². The number of hydrogen-bond donors (Lipinski definition) is 2. The summed E-state index contributed by atoms with van der Waals surface area (Å²) in [6.45, 7) is 2.88.